The van der Waals surface area contributed by atoms with Crippen LogP contribution in [0.25, 0.3) is 0 Å². The van der Waals surface area contributed by atoms with Crippen molar-refractivity contribution in [3.05, 3.63) is 0 Å². The van der Waals surface area contributed by atoms with Gasteiger partial charge >= 0.3 is 0 Å². The Morgan fingerprint density at radius 3 is 3.11 bits per heavy atom. The lowest BCUT2D eigenvalue weighted by Gasteiger charge is -2.28. The summed E-state index contributed by atoms with van der Waals surface area (Å²) >= 11 is 2.01. The number of nitrogens with one attached hydrogen (secondary N) is 1. The zero-order valence-electron chi connectivity index (χ0n) is 9.77. The molecular formula is C10H12IN5O3. The Kier molecular flexibility index (Phi) is 3.15. The maximum atomic E-state index is 9.77. The largest absolute Gasteiger partial charge is 0.394 e. The highest BCUT2D eigenvalue weighted by Crippen LogP contribution is 2.35. The molecule has 3 aliphatic rings. The van der Waals surface area contributed by atoms with Crippen LogP contribution >= 0.6 is 22.6 Å². The van der Waals surface area contributed by atoms with E-state index in [0.717, 1.165) is 0 Å². The molecule has 1 fully saturated rings. The monoisotopic (exact) mass is 377 g/mol. The minimum atomic E-state index is -0.919. The molecule has 3 aliphatic heterocycles. The smallest absolute Gasteiger partial charge is 0.228 e. The van der Waals surface area contributed by atoms with Crippen LogP contribution in [0.1, 0.15) is 6.42 Å². The second-order valence-corrected chi connectivity index (χ2v) is 6.00. The quantitative estimate of drug-likeness (QED) is 0.337. The van der Waals surface area contributed by atoms with E-state index in [1.165, 1.54) is 6.34 Å². The van der Waals surface area contributed by atoms with Crippen LogP contribution in [-0.4, -0.2) is 68.0 Å². The maximum Gasteiger partial charge on any atom is 0.228 e. The number of ether oxygens (including phenoxy) is 1. The highest BCUT2D eigenvalue weighted by atomic mass is 127. The molecule has 0 saturated carbocycles. The Morgan fingerprint density at radius 2 is 2.42 bits per heavy atom. The predicted octanol–water partition coefficient (Wildman–Crippen LogP) is -0.653. The molecule has 102 valence electrons. The summed E-state index contributed by atoms with van der Waals surface area (Å²) in [5.41, 5.74) is 0. The molecule has 3 heterocycles. The molecule has 0 radical (unpaired) electrons. The van der Waals surface area contributed by atoms with E-state index in [0.29, 0.717) is 12.3 Å². The third-order valence-electron chi connectivity index (χ3n) is 3.28. The van der Waals surface area contributed by atoms with Gasteiger partial charge in [0.25, 0.3) is 0 Å². The lowest BCUT2D eigenvalue weighted by atomic mass is 10.1. The van der Waals surface area contributed by atoms with Gasteiger partial charge in [0.2, 0.25) is 3.55 Å². The number of aliphatic hydroxyl groups excluding tert-OH is 2. The summed E-state index contributed by atoms with van der Waals surface area (Å²) in [7, 11) is 0. The number of hydrogen-bond acceptors (Lipinski definition) is 7. The molecule has 0 aliphatic carbocycles. The van der Waals surface area contributed by atoms with Gasteiger partial charge < -0.3 is 14.9 Å². The molecular weight excluding hydrogens is 365 g/mol. The first-order valence-corrected chi connectivity index (χ1v) is 6.81. The maximum absolute atomic E-state index is 9.77. The van der Waals surface area contributed by atoms with Gasteiger partial charge in [0.05, 0.1) is 19.0 Å². The zero-order valence-corrected chi connectivity index (χ0v) is 11.9. The molecule has 0 bridgehead atoms. The Morgan fingerprint density at radius 1 is 1.63 bits per heavy atom. The average molecular weight is 377 g/mol. The van der Waals surface area contributed by atoms with Gasteiger partial charge in [0.15, 0.2) is 11.7 Å². The molecule has 19 heavy (non-hydrogen) atoms. The van der Waals surface area contributed by atoms with Gasteiger partial charge in [-0.25, -0.2) is 15.0 Å². The highest BCUT2D eigenvalue weighted by Gasteiger charge is 2.50. The molecule has 1 unspecified atom stereocenters. The molecule has 8 nitrogen and oxygen atoms in total. The van der Waals surface area contributed by atoms with Crippen LogP contribution in [-0.2, 0) is 4.74 Å². The van der Waals surface area contributed by atoms with Crippen molar-refractivity contribution >= 4 is 46.9 Å². The van der Waals surface area contributed by atoms with Gasteiger partial charge in [-0.15, -0.1) is 0 Å². The SMILES string of the molecule is N=C1N=CN=C2N([C@H]3C[C@H](O)[C@@H](CO)O3)C=NC12I. The number of aliphatic imine (C=N–C) groups is 3. The second-order valence-electron chi connectivity index (χ2n) is 4.43. The molecule has 3 N–H and O–H groups in total. The fourth-order valence-electron chi connectivity index (χ4n) is 2.23. The first kappa shape index (κ1) is 13.1. The van der Waals surface area contributed by atoms with E-state index in [-0.39, 0.29) is 12.4 Å². The molecule has 1 saturated heterocycles. The van der Waals surface area contributed by atoms with E-state index < -0.39 is 22.0 Å². The molecule has 0 amide bonds. The molecule has 9 heteroatoms. The summed E-state index contributed by atoms with van der Waals surface area (Å²) < 4.78 is 4.65. The number of amidine groups is 2. The molecule has 0 aromatic heterocycles. The van der Waals surface area contributed by atoms with E-state index >= 15 is 0 Å². The van der Waals surface area contributed by atoms with Gasteiger partial charge in [0.1, 0.15) is 18.7 Å². The third-order valence-corrected chi connectivity index (χ3v) is 4.55. The Bertz CT molecular complexity index is 507. The summed E-state index contributed by atoms with van der Waals surface area (Å²) in [6, 6.07) is 0. The summed E-state index contributed by atoms with van der Waals surface area (Å²) in [6.07, 6.45) is 1.46. The normalized spacial score (nSPS) is 40.8. The minimum Gasteiger partial charge on any atom is -0.394 e. The third kappa shape index (κ3) is 1.91. The van der Waals surface area contributed by atoms with Crippen LogP contribution in [0.15, 0.2) is 15.0 Å². The van der Waals surface area contributed by atoms with Gasteiger partial charge in [-0.2, -0.15) is 0 Å². The number of alkyl halides is 1. The number of aliphatic hydroxyl groups is 2. The topological polar surface area (TPSA) is 114 Å². The van der Waals surface area contributed by atoms with E-state index in [9.17, 15) is 5.11 Å². The molecule has 4 atom stereocenters. The summed E-state index contributed by atoms with van der Waals surface area (Å²) in [4.78, 5) is 14.0. The fraction of sp³-hybridized carbons (Fsp3) is 0.600. The van der Waals surface area contributed by atoms with Crippen LogP contribution in [0.5, 0.6) is 0 Å². The first-order chi connectivity index (χ1) is 9.06. The van der Waals surface area contributed by atoms with E-state index in [1.807, 2.05) is 22.6 Å². The fourth-order valence-corrected chi connectivity index (χ4v) is 2.91. The summed E-state index contributed by atoms with van der Waals surface area (Å²) in [6.45, 7) is -0.234. The first-order valence-electron chi connectivity index (χ1n) is 5.73. The Labute approximate surface area is 122 Å². The van der Waals surface area contributed by atoms with Crippen LogP contribution in [0.3, 0.4) is 0 Å². The predicted molar refractivity (Wildman–Crippen MR) is 77.1 cm³/mol. The second kappa shape index (κ2) is 4.58. The average Bonchev–Trinajstić information content (AvgIpc) is 2.92. The van der Waals surface area contributed by atoms with Crippen molar-refractivity contribution in [2.45, 2.75) is 28.4 Å². The van der Waals surface area contributed by atoms with Gasteiger partial charge in [0, 0.05) is 6.42 Å². The number of nitrogens with zero attached hydrogens (tertiary/aromatic N) is 4. The standard InChI is InChI=1S/C10H12IN5O3/c11-10-8(12)13-3-14-9(10)16(4-15-10)7-1-5(18)6(2-17)19-7/h3-7,12,17-18H,1-2H2/t5-,6+,7+,10?/m0/s1. The summed E-state index contributed by atoms with van der Waals surface area (Å²) in [5.74, 6) is 0.651. The van der Waals surface area contributed by atoms with Crippen LogP contribution in [0.4, 0.5) is 0 Å². The van der Waals surface area contributed by atoms with Crippen molar-refractivity contribution < 1.29 is 14.9 Å². The van der Waals surface area contributed by atoms with Gasteiger partial charge in [-0.05, 0) is 22.6 Å². The van der Waals surface area contributed by atoms with Gasteiger partial charge in [-0.3, -0.25) is 10.3 Å². The molecule has 3 rings (SSSR count). The minimum absolute atomic E-state index is 0.106. The molecule has 0 spiro atoms. The number of halogens is 1. The Hall–Kier alpha value is -0.910. The number of fused-ring (bicyclic) bond motifs is 1. The van der Waals surface area contributed by atoms with Crippen LogP contribution < -0.4 is 0 Å². The molecule has 0 aromatic rings. The van der Waals surface area contributed by atoms with Crippen LogP contribution in [0.2, 0.25) is 0 Å². The number of rotatable bonds is 2. The summed E-state index contributed by atoms with van der Waals surface area (Å²) in [5, 5.41) is 26.7. The van der Waals surface area contributed by atoms with Gasteiger partial charge in [-0.1, -0.05) is 0 Å². The van der Waals surface area contributed by atoms with E-state index in [4.69, 9.17) is 15.3 Å². The van der Waals surface area contributed by atoms with Crippen molar-refractivity contribution in [3.63, 3.8) is 0 Å². The lowest BCUT2D eigenvalue weighted by Crippen LogP contribution is -2.47. The lowest BCUT2D eigenvalue weighted by molar-refractivity contribution is -0.0432. The zero-order chi connectivity index (χ0) is 13.6. The van der Waals surface area contributed by atoms with Crippen molar-refractivity contribution in [1.82, 2.24) is 4.90 Å². The van der Waals surface area contributed by atoms with Crippen molar-refractivity contribution in [2.24, 2.45) is 15.0 Å². The van der Waals surface area contributed by atoms with Crippen LogP contribution in [0, 0.1) is 5.41 Å². The highest BCUT2D eigenvalue weighted by molar-refractivity contribution is 14.1. The van der Waals surface area contributed by atoms with Crippen molar-refractivity contribution in [1.29, 1.82) is 5.41 Å². The van der Waals surface area contributed by atoms with E-state index in [2.05, 4.69) is 15.0 Å². The Balaban J connectivity index is 1.85. The number of hydrogen-bond donors (Lipinski definition) is 3. The molecule has 0 aromatic carbocycles. The van der Waals surface area contributed by atoms with E-state index in [1.54, 1.807) is 11.2 Å². The van der Waals surface area contributed by atoms with Crippen molar-refractivity contribution in [2.75, 3.05) is 6.61 Å². The van der Waals surface area contributed by atoms with Crippen molar-refractivity contribution in [3.8, 4) is 0 Å².